The van der Waals surface area contributed by atoms with Crippen molar-refractivity contribution in [2.24, 2.45) is 4.99 Å². The van der Waals surface area contributed by atoms with E-state index in [0.29, 0.717) is 6.04 Å². The Hall–Kier alpha value is -0.790. The fraction of sp³-hybridized carbons (Fsp3) is 0.571. The van der Waals surface area contributed by atoms with E-state index in [1.807, 2.05) is 4.90 Å². The fourth-order valence-electron chi connectivity index (χ4n) is 0.525. The Bertz CT molecular complexity index is 105. The lowest BCUT2D eigenvalue weighted by molar-refractivity contribution is 0.472. The van der Waals surface area contributed by atoms with E-state index in [1.54, 1.807) is 19.6 Å². The van der Waals surface area contributed by atoms with Gasteiger partial charge < -0.3 is 4.90 Å². The topological polar surface area (TPSA) is 15.6 Å². The minimum Gasteiger partial charge on any atom is -0.337 e. The first-order valence-corrected chi connectivity index (χ1v) is 3.04. The first-order chi connectivity index (χ1) is 4.22. The highest BCUT2D eigenvalue weighted by atomic mass is 15.1. The SMILES string of the molecule is C=CN(C=NC)C(C)C. The normalized spacial score (nSPS) is 10.7. The molecule has 0 aliphatic carbocycles. The van der Waals surface area contributed by atoms with Gasteiger partial charge in [0.1, 0.15) is 0 Å². The number of hydrogen-bond acceptors (Lipinski definition) is 1. The maximum atomic E-state index is 3.86. The number of hydrogen-bond donors (Lipinski definition) is 0. The highest BCUT2D eigenvalue weighted by molar-refractivity contribution is 5.56. The molecule has 0 bridgehead atoms. The molecule has 0 radical (unpaired) electrons. The van der Waals surface area contributed by atoms with Crippen LogP contribution in [-0.2, 0) is 0 Å². The van der Waals surface area contributed by atoms with E-state index in [-0.39, 0.29) is 0 Å². The van der Waals surface area contributed by atoms with Crippen LogP contribution in [-0.4, -0.2) is 24.3 Å². The smallest absolute Gasteiger partial charge is 0.0888 e. The van der Waals surface area contributed by atoms with Crippen molar-refractivity contribution in [3.8, 4) is 0 Å². The van der Waals surface area contributed by atoms with E-state index in [0.717, 1.165) is 0 Å². The van der Waals surface area contributed by atoms with Crippen molar-refractivity contribution in [1.29, 1.82) is 0 Å². The van der Waals surface area contributed by atoms with Crippen LogP contribution >= 0.6 is 0 Å². The largest absolute Gasteiger partial charge is 0.337 e. The monoisotopic (exact) mass is 126 g/mol. The zero-order valence-corrected chi connectivity index (χ0v) is 6.33. The molecule has 0 amide bonds. The van der Waals surface area contributed by atoms with Gasteiger partial charge in [0.15, 0.2) is 0 Å². The van der Waals surface area contributed by atoms with Gasteiger partial charge in [0, 0.05) is 13.1 Å². The molecule has 0 aromatic rings. The quantitative estimate of drug-likeness (QED) is 0.413. The molecule has 0 rings (SSSR count). The Labute approximate surface area is 56.9 Å². The van der Waals surface area contributed by atoms with Gasteiger partial charge in [-0.2, -0.15) is 0 Å². The van der Waals surface area contributed by atoms with Crippen LogP contribution in [0.3, 0.4) is 0 Å². The number of rotatable bonds is 3. The third kappa shape index (κ3) is 2.90. The van der Waals surface area contributed by atoms with E-state index in [4.69, 9.17) is 0 Å². The molecule has 2 heteroatoms. The van der Waals surface area contributed by atoms with Crippen molar-refractivity contribution in [3.05, 3.63) is 12.8 Å². The molecule has 0 fully saturated rings. The molecule has 0 atom stereocenters. The second-order valence-electron chi connectivity index (χ2n) is 2.10. The summed E-state index contributed by atoms with van der Waals surface area (Å²) in [5.41, 5.74) is 0. The summed E-state index contributed by atoms with van der Waals surface area (Å²) in [4.78, 5) is 5.80. The first-order valence-electron chi connectivity index (χ1n) is 3.04. The number of nitrogens with zero attached hydrogens (tertiary/aromatic N) is 2. The van der Waals surface area contributed by atoms with Crippen molar-refractivity contribution in [3.63, 3.8) is 0 Å². The van der Waals surface area contributed by atoms with Crippen molar-refractivity contribution >= 4 is 6.34 Å². The van der Waals surface area contributed by atoms with Crippen LogP contribution in [0.5, 0.6) is 0 Å². The van der Waals surface area contributed by atoms with Crippen molar-refractivity contribution < 1.29 is 0 Å². The van der Waals surface area contributed by atoms with Crippen LogP contribution in [0.15, 0.2) is 17.8 Å². The van der Waals surface area contributed by atoms with Gasteiger partial charge in [-0.25, -0.2) is 0 Å². The highest BCUT2D eigenvalue weighted by Crippen LogP contribution is 1.92. The van der Waals surface area contributed by atoms with Gasteiger partial charge in [-0.05, 0) is 20.0 Å². The fourth-order valence-corrected chi connectivity index (χ4v) is 0.525. The van der Waals surface area contributed by atoms with Gasteiger partial charge in [-0.3, -0.25) is 4.99 Å². The van der Waals surface area contributed by atoms with Crippen molar-refractivity contribution in [1.82, 2.24) is 4.90 Å². The Kier molecular flexibility index (Phi) is 3.76. The highest BCUT2D eigenvalue weighted by Gasteiger charge is 1.96. The molecule has 2 nitrogen and oxygen atoms in total. The van der Waals surface area contributed by atoms with Crippen molar-refractivity contribution in [2.45, 2.75) is 19.9 Å². The summed E-state index contributed by atoms with van der Waals surface area (Å²) in [6.45, 7) is 7.81. The second-order valence-corrected chi connectivity index (χ2v) is 2.10. The summed E-state index contributed by atoms with van der Waals surface area (Å²) in [6, 6.07) is 0.450. The summed E-state index contributed by atoms with van der Waals surface area (Å²) in [6.07, 6.45) is 3.52. The molecule has 9 heavy (non-hydrogen) atoms. The molecule has 0 saturated carbocycles. The molecule has 0 aromatic carbocycles. The summed E-state index contributed by atoms with van der Waals surface area (Å²) in [7, 11) is 1.75. The molecule has 0 unspecified atom stereocenters. The Morgan fingerprint density at radius 3 is 2.22 bits per heavy atom. The lowest BCUT2D eigenvalue weighted by atomic mass is 10.4. The van der Waals surface area contributed by atoms with Crippen LogP contribution < -0.4 is 0 Å². The molecule has 0 spiro atoms. The maximum absolute atomic E-state index is 3.86. The molecule has 0 aliphatic heterocycles. The lowest BCUT2D eigenvalue weighted by Crippen LogP contribution is -2.22. The number of aliphatic imine (C=N–C) groups is 1. The summed E-state index contributed by atoms with van der Waals surface area (Å²) in [5, 5.41) is 0. The van der Waals surface area contributed by atoms with Gasteiger partial charge in [-0.15, -0.1) is 0 Å². The van der Waals surface area contributed by atoms with Gasteiger partial charge in [0.05, 0.1) is 6.34 Å². The summed E-state index contributed by atoms with van der Waals surface area (Å²) >= 11 is 0. The summed E-state index contributed by atoms with van der Waals surface area (Å²) < 4.78 is 0. The van der Waals surface area contributed by atoms with Crippen LogP contribution in [0.25, 0.3) is 0 Å². The zero-order chi connectivity index (χ0) is 7.28. The Balaban J connectivity index is 3.82. The van der Waals surface area contributed by atoms with Gasteiger partial charge >= 0.3 is 0 Å². The zero-order valence-electron chi connectivity index (χ0n) is 6.33. The molecule has 52 valence electrons. The minimum atomic E-state index is 0.450. The molecular weight excluding hydrogens is 112 g/mol. The minimum absolute atomic E-state index is 0.450. The van der Waals surface area contributed by atoms with E-state index in [1.165, 1.54) is 0 Å². The van der Waals surface area contributed by atoms with Crippen LogP contribution in [0.4, 0.5) is 0 Å². The molecule has 0 saturated heterocycles. The molecule has 0 N–H and O–H groups in total. The maximum Gasteiger partial charge on any atom is 0.0888 e. The van der Waals surface area contributed by atoms with Gasteiger partial charge in [0.2, 0.25) is 0 Å². The molecule has 0 aliphatic rings. The van der Waals surface area contributed by atoms with Crippen LogP contribution in [0.1, 0.15) is 13.8 Å². The predicted octanol–water partition coefficient (Wildman–Crippen LogP) is 1.50. The second kappa shape index (κ2) is 4.13. The van der Waals surface area contributed by atoms with E-state index in [9.17, 15) is 0 Å². The third-order valence-electron chi connectivity index (χ3n) is 1.06. The Morgan fingerprint density at radius 1 is 1.56 bits per heavy atom. The first kappa shape index (κ1) is 8.21. The molecule has 0 heterocycles. The van der Waals surface area contributed by atoms with Gasteiger partial charge in [-0.1, -0.05) is 6.58 Å². The van der Waals surface area contributed by atoms with Crippen LogP contribution in [0.2, 0.25) is 0 Å². The van der Waals surface area contributed by atoms with E-state index in [2.05, 4.69) is 25.4 Å². The molecular formula is C7H14N2. The van der Waals surface area contributed by atoms with Crippen LogP contribution in [0, 0.1) is 0 Å². The Morgan fingerprint density at radius 2 is 2.11 bits per heavy atom. The third-order valence-corrected chi connectivity index (χ3v) is 1.06. The standard InChI is InChI=1S/C7H14N2/c1-5-9(6-8-4)7(2)3/h5-7H,1H2,2-4H3. The summed E-state index contributed by atoms with van der Waals surface area (Å²) in [5.74, 6) is 0. The van der Waals surface area contributed by atoms with E-state index < -0.39 is 0 Å². The van der Waals surface area contributed by atoms with E-state index >= 15 is 0 Å². The van der Waals surface area contributed by atoms with Crippen molar-refractivity contribution in [2.75, 3.05) is 7.05 Å². The average Bonchev–Trinajstić information content (AvgIpc) is 1.82. The lowest BCUT2D eigenvalue weighted by Gasteiger charge is -2.17. The predicted molar refractivity (Wildman–Crippen MR) is 41.6 cm³/mol. The van der Waals surface area contributed by atoms with Gasteiger partial charge in [0.25, 0.3) is 0 Å². The molecule has 0 aromatic heterocycles. The average molecular weight is 126 g/mol.